The van der Waals surface area contributed by atoms with Crippen LogP contribution < -0.4 is 5.32 Å². The summed E-state index contributed by atoms with van der Waals surface area (Å²) in [5.74, 6) is 0.754. The first-order valence-corrected chi connectivity index (χ1v) is 6.95. The van der Waals surface area contributed by atoms with Crippen molar-refractivity contribution in [2.75, 3.05) is 19.8 Å². The van der Waals surface area contributed by atoms with Gasteiger partial charge >= 0.3 is 0 Å². The zero-order valence-electron chi connectivity index (χ0n) is 11.3. The van der Waals surface area contributed by atoms with Crippen LogP contribution in [0.1, 0.15) is 59.3 Å². The van der Waals surface area contributed by atoms with Crippen LogP contribution in [0.5, 0.6) is 0 Å². The molecule has 1 aliphatic rings. The van der Waals surface area contributed by atoms with Gasteiger partial charge in [0.2, 0.25) is 0 Å². The van der Waals surface area contributed by atoms with Gasteiger partial charge in [-0.3, -0.25) is 0 Å². The van der Waals surface area contributed by atoms with E-state index in [2.05, 4.69) is 26.1 Å². The molecule has 16 heavy (non-hydrogen) atoms. The zero-order valence-corrected chi connectivity index (χ0v) is 11.3. The number of nitrogens with one attached hydrogen (secondary N) is 1. The zero-order chi connectivity index (χ0) is 11.9. The van der Waals surface area contributed by atoms with Gasteiger partial charge in [0.05, 0.1) is 6.61 Å². The number of hydrogen-bond donors (Lipinski definition) is 1. The van der Waals surface area contributed by atoms with Gasteiger partial charge in [0, 0.05) is 18.7 Å². The molecule has 0 bridgehead atoms. The van der Waals surface area contributed by atoms with E-state index in [1.54, 1.807) is 0 Å². The molecule has 1 saturated carbocycles. The fourth-order valence-corrected chi connectivity index (χ4v) is 2.35. The van der Waals surface area contributed by atoms with Crippen LogP contribution in [0.4, 0.5) is 0 Å². The Hall–Kier alpha value is -0.0800. The lowest BCUT2D eigenvalue weighted by Crippen LogP contribution is -2.45. The first kappa shape index (κ1) is 14.0. The van der Waals surface area contributed by atoms with Crippen LogP contribution >= 0.6 is 0 Å². The van der Waals surface area contributed by atoms with E-state index in [0.29, 0.717) is 5.54 Å². The van der Waals surface area contributed by atoms with E-state index in [9.17, 15) is 0 Å². The molecule has 1 fully saturated rings. The molecule has 0 aromatic rings. The topological polar surface area (TPSA) is 21.3 Å². The van der Waals surface area contributed by atoms with Crippen LogP contribution in [0.2, 0.25) is 0 Å². The fraction of sp³-hybridized carbons (Fsp3) is 1.00. The molecule has 0 spiro atoms. The molecule has 1 aliphatic carbocycles. The Morgan fingerprint density at radius 3 is 2.44 bits per heavy atom. The van der Waals surface area contributed by atoms with Crippen molar-refractivity contribution in [3.63, 3.8) is 0 Å². The SMILES string of the molecule is CC(C)CCOCCNC1(C)CCCCC1. The molecule has 0 atom stereocenters. The molecular weight excluding hydrogens is 198 g/mol. The average Bonchev–Trinajstić information content (AvgIpc) is 2.24. The van der Waals surface area contributed by atoms with Gasteiger partial charge in [-0.2, -0.15) is 0 Å². The second-order valence-electron chi connectivity index (χ2n) is 5.84. The normalized spacial score (nSPS) is 20.2. The summed E-state index contributed by atoms with van der Waals surface area (Å²) < 4.78 is 5.62. The molecule has 1 rings (SSSR count). The molecule has 0 aromatic carbocycles. The number of ether oxygens (including phenoxy) is 1. The van der Waals surface area contributed by atoms with Crippen molar-refractivity contribution < 1.29 is 4.74 Å². The molecule has 0 radical (unpaired) electrons. The highest BCUT2D eigenvalue weighted by Crippen LogP contribution is 2.27. The highest BCUT2D eigenvalue weighted by Gasteiger charge is 2.25. The quantitative estimate of drug-likeness (QED) is 0.673. The molecule has 0 saturated heterocycles. The summed E-state index contributed by atoms with van der Waals surface area (Å²) in [7, 11) is 0. The molecule has 2 nitrogen and oxygen atoms in total. The van der Waals surface area contributed by atoms with E-state index in [4.69, 9.17) is 4.74 Å². The van der Waals surface area contributed by atoms with E-state index in [1.165, 1.54) is 38.5 Å². The minimum Gasteiger partial charge on any atom is -0.380 e. The summed E-state index contributed by atoms with van der Waals surface area (Å²) in [4.78, 5) is 0. The molecule has 96 valence electrons. The standard InChI is InChI=1S/C14H29NO/c1-13(2)7-11-16-12-10-15-14(3)8-5-4-6-9-14/h13,15H,4-12H2,1-3H3. The largest absolute Gasteiger partial charge is 0.380 e. The minimum atomic E-state index is 0.389. The Morgan fingerprint density at radius 2 is 1.81 bits per heavy atom. The molecule has 1 N–H and O–H groups in total. The van der Waals surface area contributed by atoms with Crippen LogP contribution in [-0.2, 0) is 4.74 Å². The second kappa shape index (κ2) is 7.29. The summed E-state index contributed by atoms with van der Waals surface area (Å²) in [5, 5.41) is 3.66. The molecule has 0 heterocycles. The van der Waals surface area contributed by atoms with Gasteiger partial charge in [-0.25, -0.2) is 0 Å². The van der Waals surface area contributed by atoms with Crippen molar-refractivity contribution in [1.29, 1.82) is 0 Å². The van der Waals surface area contributed by atoms with Gasteiger partial charge in [-0.05, 0) is 32.1 Å². The van der Waals surface area contributed by atoms with Crippen molar-refractivity contribution in [2.24, 2.45) is 5.92 Å². The Labute approximate surface area is 101 Å². The van der Waals surface area contributed by atoms with Gasteiger partial charge in [0.15, 0.2) is 0 Å². The predicted octanol–water partition coefficient (Wildman–Crippen LogP) is 3.36. The van der Waals surface area contributed by atoms with Crippen molar-refractivity contribution in [2.45, 2.75) is 64.8 Å². The summed E-state index contributed by atoms with van der Waals surface area (Å²) >= 11 is 0. The van der Waals surface area contributed by atoms with Crippen molar-refractivity contribution >= 4 is 0 Å². The van der Waals surface area contributed by atoms with Crippen LogP contribution in [0, 0.1) is 5.92 Å². The summed E-state index contributed by atoms with van der Waals surface area (Å²) in [6.07, 6.45) is 8.03. The summed E-state index contributed by atoms with van der Waals surface area (Å²) in [5.41, 5.74) is 0.389. The first-order chi connectivity index (χ1) is 7.62. The fourth-order valence-electron chi connectivity index (χ4n) is 2.35. The third kappa shape index (κ3) is 5.86. The maximum Gasteiger partial charge on any atom is 0.0591 e. The monoisotopic (exact) mass is 227 g/mol. The summed E-state index contributed by atoms with van der Waals surface area (Å²) in [6, 6.07) is 0. The third-order valence-corrected chi connectivity index (χ3v) is 3.59. The van der Waals surface area contributed by atoms with Crippen LogP contribution in [-0.4, -0.2) is 25.3 Å². The Morgan fingerprint density at radius 1 is 1.12 bits per heavy atom. The molecule has 0 aliphatic heterocycles. The highest BCUT2D eigenvalue weighted by atomic mass is 16.5. The summed E-state index contributed by atoms with van der Waals surface area (Å²) in [6.45, 7) is 9.63. The van der Waals surface area contributed by atoms with Gasteiger partial charge < -0.3 is 10.1 Å². The van der Waals surface area contributed by atoms with Crippen LogP contribution in [0.3, 0.4) is 0 Å². The van der Waals surface area contributed by atoms with E-state index in [-0.39, 0.29) is 0 Å². The smallest absolute Gasteiger partial charge is 0.0591 e. The lowest BCUT2D eigenvalue weighted by atomic mass is 9.83. The van der Waals surface area contributed by atoms with E-state index < -0.39 is 0 Å². The maximum atomic E-state index is 5.62. The number of rotatable bonds is 7. The second-order valence-corrected chi connectivity index (χ2v) is 5.84. The Kier molecular flexibility index (Phi) is 6.37. The molecule has 2 heteroatoms. The highest BCUT2D eigenvalue weighted by molar-refractivity contribution is 4.85. The van der Waals surface area contributed by atoms with Gasteiger partial charge in [-0.1, -0.05) is 33.1 Å². The molecule has 0 unspecified atom stereocenters. The van der Waals surface area contributed by atoms with E-state index >= 15 is 0 Å². The first-order valence-electron chi connectivity index (χ1n) is 6.95. The Bertz CT molecular complexity index is 174. The van der Waals surface area contributed by atoms with Crippen molar-refractivity contribution in [3.8, 4) is 0 Å². The van der Waals surface area contributed by atoms with Gasteiger partial charge in [-0.15, -0.1) is 0 Å². The number of hydrogen-bond acceptors (Lipinski definition) is 2. The van der Waals surface area contributed by atoms with Gasteiger partial charge in [0.25, 0.3) is 0 Å². The lowest BCUT2D eigenvalue weighted by Gasteiger charge is -2.34. The Balaban J connectivity index is 1.97. The maximum absolute atomic E-state index is 5.62. The van der Waals surface area contributed by atoms with Crippen LogP contribution in [0.15, 0.2) is 0 Å². The molecule has 0 aromatic heterocycles. The van der Waals surface area contributed by atoms with E-state index in [1.807, 2.05) is 0 Å². The average molecular weight is 227 g/mol. The van der Waals surface area contributed by atoms with Crippen LogP contribution in [0.25, 0.3) is 0 Å². The molecule has 0 amide bonds. The lowest BCUT2D eigenvalue weighted by molar-refractivity contribution is 0.115. The minimum absolute atomic E-state index is 0.389. The molecular formula is C14H29NO. The predicted molar refractivity (Wildman–Crippen MR) is 69.8 cm³/mol. The third-order valence-electron chi connectivity index (χ3n) is 3.59. The van der Waals surface area contributed by atoms with E-state index in [0.717, 1.165) is 25.7 Å². The van der Waals surface area contributed by atoms with Crippen molar-refractivity contribution in [3.05, 3.63) is 0 Å². The van der Waals surface area contributed by atoms with Crippen molar-refractivity contribution in [1.82, 2.24) is 5.32 Å². The van der Waals surface area contributed by atoms with Gasteiger partial charge in [0.1, 0.15) is 0 Å².